The zero-order chi connectivity index (χ0) is 13.1. The summed E-state index contributed by atoms with van der Waals surface area (Å²) < 4.78 is 0.859. The highest BCUT2D eigenvalue weighted by atomic mass is 79.9. The van der Waals surface area contributed by atoms with Crippen LogP contribution in [-0.4, -0.2) is 9.91 Å². The van der Waals surface area contributed by atoms with Crippen LogP contribution in [0.1, 0.15) is 0 Å². The molecule has 1 aromatic carbocycles. The number of anilines is 1. The number of nitrogens with two attached hydrogens (primary N) is 1. The second-order valence-electron chi connectivity index (χ2n) is 3.37. The summed E-state index contributed by atoms with van der Waals surface area (Å²) in [5.74, 6) is 0. The van der Waals surface area contributed by atoms with Crippen LogP contribution in [0.5, 0.6) is 0 Å². The summed E-state index contributed by atoms with van der Waals surface area (Å²) in [7, 11) is 0. The van der Waals surface area contributed by atoms with Crippen molar-refractivity contribution in [1.82, 2.24) is 4.98 Å². The highest BCUT2D eigenvalue weighted by molar-refractivity contribution is 9.10. The average Bonchev–Trinajstić information content (AvgIpc) is 2.34. The van der Waals surface area contributed by atoms with Gasteiger partial charge in [-0.15, -0.1) is 0 Å². The van der Waals surface area contributed by atoms with E-state index in [2.05, 4.69) is 20.9 Å². The lowest BCUT2D eigenvalue weighted by atomic mass is 10.3. The Labute approximate surface area is 116 Å². The third-order valence-electron chi connectivity index (χ3n) is 2.13. The molecule has 2 rings (SSSR count). The second-order valence-corrected chi connectivity index (χ2v) is 5.32. The molecule has 0 fully saturated rings. The molecule has 0 amide bonds. The highest BCUT2D eigenvalue weighted by Crippen LogP contribution is 2.36. The number of hydrogen-bond donors (Lipinski definition) is 1. The predicted octanol–water partition coefficient (Wildman–Crippen LogP) is 3.49. The summed E-state index contributed by atoms with van der Waals surface area (Å²) >= 11 is 4.51. The largest absolute Gasteiger partial charge is 0.398 e. The Morgan fingerprint density at radius 2 is 2.17 bits per heavy atom. The minimum absolute atomic E-state index is 0.0260. The summed E-state index contributed by atoms with van der Waals surface area (Å²) in [6.07, 6.45) is 1.52. The molecule has 1 aromatic heterocycles. The van der Waals surface area contributed by atoms with E-state index in [-0.39, 0.29) is 5.69 Å². The van der Waals surface area contributed by atoms with Gasteiger partial charge in [0.15, 0.2) is 5.03 Å². The van der Waals surface area contributed by atoms with Gasteiger partial charge in [-0.3, -0.25) is 10.1 Å². The van der Waals surface area contributed by atoms with Crippen molar-refractivity contribution in [3.8, 4) is 0 Å². The number of nitro groups is 1. The fraction of sp³-hybridized carbons (Fsp3) is 0. The zero-order valence-corrected chi connectivity index (χ0v) is 11.4. The number of hydrogen-bond acceptors (Lipinski definition) is 5. The molecule has 5 nitrogen and oxygen atoms in total. The van der Waals surface area contributed by atoms with Crippen LogP contribution in [-0.2, 0) is 0 Å². The molecule has 2 N–H and O–H groups in total. The minimum atomic E-state index is -0.455. The quantitative estimate of drug-likeness (QED) is 0.530. The lowest BCUT2D eigenvalue weighted by molar-refractivity contribution is -0.388. The molecule has 0 aliphatic carbocycles. The van der Waals surface area contributed by atoms with Crippen molar-refractivity contribution < 1.29 is 4.92 Å². The van der Waals surface area contributed by atoms with E-state index in [1.165, 1.54) is 30.1 Å². The van der Waals surface area contributed by atoms with Crippen LogP contribution >= 0.6 is 27.7 Å². The molecular weight excluding hydrogens is 318 g/mol. The molecule has 92 valence electrons. The first kappa shape index (κ1) is 12.8. The first-order valence-corrected chi connectivity index (χ1v) is 6.51. The van der Waals surface area contributed by atoms with Crippen LogP contribution in [0, 0.1) is 10.1 Å². The molecule has 0 spiro atoms. The van der Waals surface area contributed by atoms with Gasteiger partial charge in [0.05, 0.1) is 4.92 Å². The summed E-state index contributed by atoms with van der Waals surface area (Å²) in [5, 5.41) is 11.2. The predicted molar refractivity (Wildman–Crippen MR) is 73.6 cm³/mol. The zero-order valence-electron chi connectivity index (χ0n) is 9.04. The van der Waals surface area contributed by atoms with Crippen molar-refractivity contribution in [3.63, 3.8) is 0 Å². The van der Waals surface area contributed by atoms with Gasteiger partial charge in [-0.05, 0) is 24.3 Å². The van der Waals surface area contributed by atoms with E-state index >= 15 is 0 Å². The number of aromatic nitrogens is 1. The fourth-order valence-corrected chi connectivity index (χ4v) is 2.75. The average molecular weight is 326 g/mol. The maximum atomic E-state index is 10.9. The molecule has 0 unspecified atom stereocenters. The van der Waals surface area contributed by atoms with Crippen LogP contribution in [0.2, 0.25) is 0 Å². The van der Waals surface area contributed by atoms with Crippen molar-refractivity contribution in [2.75, 3.05) is 5.73 Å². The van der Waals surface area contributed by atoms with Crippen molar-refractivity contribution in [1.29, 1.82) is 0 Å². The summed E-state index contributed by atoms with van der Waals surface area (Å²) in [6.45, 7) is 0. The van der Waals surface area contributed by atoms with Gasteiger partial charge in [-0.2, -0.15) is 0 Å². The molecule has 0 saturated carbocycles. The lowest BCUT2D eigenvalue weighted by Gasteiger charge is -2.05. The SMILES string of the molecule is Nc1ccc(Br)cc1Sc1ncccc1[N+](=O)[O-]. The van der Waals surface area contributed by atoms with Crippen LogP contribution in [0.15, 0.2) is 50.9 Å². The van der Waals surface area contributed by atoms with E-state index in [0.717, 1.165) is 9.37 Å². The van der Waals surface area contributed by atoms with E-state index in [1.807, 2.05) is 6.07 Å². The van der Waals surface area contributed by atoms with Gasteiger partial charge in [0.25, 0.3) is 0 Å². The third kappa shape index (κ3) is 2.80. The maximum Gasteiger partial charge on any atom is 0.301 e. The van der Waals surface area contributed by atoms with Gasteiger partial charge >= 0.3 is 5.69 Å². The number of halogens is 1. The molecule has 0 aliphatic heterocycles. The van der Waals surface area contributed by atoms with Gasteiger partial charge in [-0.25, -0.2) is 4.98 Å². The number of pyridine rings is 1. The van der Waals surface area contributed by atoms with Gasteiger partial charge in [0.1, 0.15) is 0 Å². The van der Waals surface area contributed by atoms with Crippen molar-refractivity contribution in [2.45, 2.75) is 9.92 Å². The van der Waals surface area contributed by atoms with Crippen molar-refractivity contribution in [3.05, 3.63) is 51.1 Å². The van der Waals surface area contributed by atoms with Crippen LogP contribution in [0.3, 0.4) is 0 Å². The van der Waals surface area contributed by atoms with Gasteiger partial charge < -0.3 is 5.73 Å². The molecule has 0 saturated heterocycles. The minimum Gasteiger partial charge on any atom is -0.398 e. The van der Waals surface area contributed by atoms with Gasteiger partial charge in [0, 0.05) is 27.3 Å². The molecule has 0 bridgehead atoms. The first-order valence-electron chi connectivity index (χ1n) is 4.90. The highest BCUT2D eigenvalue weighted by Gasteiger charge is 2.16. The Morgan fingerprint density at radius 3 is 2.89 bits per heavy atom. The third-order valence-corrected chi connectivity index (χ3v) is 3.70. The van der Waals surface area contributed by atoms with E-state index in [4.69, 9.17) is 5.73 Å². The van der Waals surface area contributed by atoms with Gasteiger partial charge in [-0.1, -0.05) is 27.7 Å². The molecular formula is C11H8BrN3O2S. The summed E-state index contributed by atoms with van der Waals surface area (Å²) in [6, 6.07) is 8.31. The standard InChI is InChI=1S/C11H8BrN3O2S/c12-7-3-4-8(13)10(6-7)18-11-9(15(16)17)2-1-5-14-11/h1-6H,13H2. The molecule has 7 heteroatoms. The van der Waals surface area contributed by atoms with E-state index in [1.54, 1.807) is 12.1 Å². The Morgan fingerprint density at radius 1 is 1.39 bits per heavy atom. The number of benzene rings is 1. The molecule has 0 aliphatic rings. The fourth-order valence-electron chi connectivity index (χ4n) is 1.30. The number of nitrogens with zero attached hydrogens (tertiary/aromatic N) is 2. The van der Waals surface area contributed by atoms with E-state index in [9.17, 15) is 10.1 Å². The Balaban J connectivity index is 2.40. The van der Waals surface area contributed by atoms with Crippen molar-refractivity contribution in [2.24, 2.45) is 0 Å². The lowest BCUT2D eigenvalue weighted by Crippen LogP contribution is -1.94. The number of rotatable bonds is 3. The normalized spacial score (nSPS) is 10.3. The molecule has 0 radical (unpaired) electrons. The Kier molecular flexibility index (Phi) is 3.83. The molecule has 18 heavy (non-hydrogen) atoms. The molecule has 1 heterocycles. The monoisotopic (exact) mass is 325 g/mol. The Bertz CT molecular complexity index is 607. The molecule has 0 atom stereocenters. The topological polar surface area (TPSA) is 82.0 Å². The van der Waals surface area contributed by atoms with Gasteiger partial charge in [0.2, 0.25) is 0 Å². The Hall–Kier alpha value is -1.60. The summed E-state index contributed by atoms with van der Waals surface area (Å²) in [5.41, 5.74) is 6.36. The maximum absolute atomic E-state index is 10.9. The van der Waals surface area contributed by atoms with Crippen LogP contribution < -0.4 is 5.73 Å². The number of nitrogen functional groups attached to an aromatic ring is 1. The second kappa shape index (κ2) is 5.36. The summed E-state index contributed by atoms with van der Waals surface area (Å²) in [4.78, 5) is 15.2. The van der Waals surface area contributed by atoms with Crippen LogP contribution in [0.25, 0.3) is 0 Å². The van der Waals surface area contributed by atoms with Crippen molar-refractivity contribution >= 4 is 39.1 Å². The molecule has 2 aromatic rings. The smallest absolute Gasteiger partial charge is 0.301 e. The first-order chi connectivity index (χ1) is 8.58. The van der Waals surface area contributed by atoms with Crippen LogP contribution in [0.4, 0.5) is 11.4 Å². The van der Waals surface area contributed by atoms with E-state index < -0.39 is 4.92 Å². The van der Waals surface area contributed by atoms with E-state index in [0.29, 0.717) is 10.7 Å².